The number of benzene rings is 3. The molecule has 0 spiro atoms. The molecule has 0 bridgehead atoms. The molecule has 132 valence electrons. The van der Waals surface area contributed by atoms with Gasteiger partial charge in [-0.3, -0.25) is 4.79 Å². The van der Waals surface area contributed by atoms with E-state index in [1.807, 2.05) is 37.4 Å². The third-order valence-corrected chi connectivity index (χ3v) is 4.58. The summed E-state index contributed by atoms with van der Waals surface area (Å²) in [7, 11) is 2.05. The number of carbonyl (C=O) groups is 1. The van der Waals surface area contributed by atoms with Gasteiger partial charge in [-0.25, -0.2) is 0 Å². The molecule has 3 rings (SSSR count). The standard InChI is InChI=1S/C23H24N2O/c1-19-8-12-22(13-9-19)24(2)16-17-25(18-26)23-14-10-21(11-15-23)20-6-4-3-5-7-20/h3-15,18H,16-17H2,1-2H3. The molecule has 0 aliphatic heterocycles. The summed E-state index contributed by atoms with van der Waals surface area (Å²) >= 11 is 0. The van der Waals surface area contributed by atoms with Crippen LogP contribution in [0.4, 0.5) is 11.4 Å². The summed E-state index contributed by atoms with van der Waals surface area (Å²) in [5.74, 6) is 0. The maximum atomic E-state index is 11.6. The van der Waals surface area contributed by atoms with Gasteiger partial charge in [0.1, 0.15) is 0 Å². The number of likely N-dealkylation sites (N-methyl/N-ethyl adjacent to an activating group) is 1. The zero-order valence-electron chi connectivity index (χ0n) is 15.3. The maximum Gasteiger partial charge on any atom is 0.214 e. The Morgan fingerprint density at radius 3 is 1.92 bits per heavy atom. The molecule has 1 amide bonds. The third kappa shape index (κ3) is 4.31. The average molecular weight is 344 g/mol. The number of anilines is 2. The van der Waals surface area contributed by atoms with E-state index in [-0.39, 0.29) is 0 Å². The van der Waals surface area contributed by atoms with Crippen molar-refractivity contribution in [3.63, 3.8) is 0 Å². The first-order valence-corrected chi connectivity index (χ1v) is 8.82. The lowest BCUT2D eigenvalue weighted by Gasteiger charge is -2.24. The predicted molar refractivity (Wildman–Crippen MR) is 110 cm³/mol. The second kappa shape index (κ2) is 8.34. The highest BCUT2D eigenvalue weighted by molar-refractivity contribution is 5.77. The molecule has 3 nitrogen and oxygen atoms in total. The fraction of sp³-hybridized carbons (Fsp3) is 0.174. The zero-order valence-corrected chi connectivity index (χ0v) is 15.3. The maximum absolute atomic E-state index is 11.6. The van der Waals surface area contributed by atoms with Crippen molar-refractivity contribution in [3.05, 3.63) is 84.4 Å². The largest absolute Gasteiger partial charge is 0.373 e. The summed E-state index contributed by atoms with van der Waals surface area (Å²) in [6.07, 6.45) is 0.903. The summed E-state index contributed by atoms with van der Waals surface area (Å²) in [6.45, 7) is 3.48. The highest BCUT2D eigenvalue weighted by Crippen LogP contribution is 2.22. The van der Waals surface area contributed by atoms with Crippen molar-refractivity contribution in [2.75, 3.05) is 29.9 Å². The van der Waals surface area contributed by atoms with Gasteiger partial charge < -0.3 is 9.80 Å². The Morgan fingerprint density at radius 1 is 0.731 bits per heavy atom. The molecule has 0 saturated heterocycles. The van der Waals surface area contributed by atoms with Crippen LogP contribution in [0.3, 0.4) is 0 Å². The van der Waals surface area contributed by atoms with E-state index in [2.05, 4.69) is 60.4 Å². The van der Waals surface area contributed by atoms with Crippen molar-refractivity contribution in [1.82, 2.24) is 0 Å². The van der Waals surface area contributed by atoms with Gasteiger partial charge in [-0.2, -0.15) is 0 Å². The Morgan fingerprint density at radius 2 is 1.31 bits per heavy atom. The molecule has 0 aromatic heterocycles. The molecule has 0 radical (unpaired) electrons. The van der Waals surface area contributed by atoms with Crippen LogP contribution in [0, 0.1) is 6.92 Å². The first kappa shape index (κ1) is 17.7. The predicted octanol–water partition coefficient (Wildman–Crippen LogP) is 4.76. The van der Waals surface area contributed by atoms with E-state index >= 15 is 0 Å². The molecule has 26 heavy (non-hydrogen) atoms. The van der Waals surface area contributed by atoms with E-state index in [1.54, 1.807) is 4.90 Å². The molecule has 0 aliphatic carbocycles. The number of carbonyl (C=O) groups excluding carboxylic acids is 1. The highest BCUT2D eigenvalue weighted by atomic mass is 16.1. The topological polar surface area (TPSA) is 23.6 Å². The first-order chi connectivity index (χ1) is 12.7. The van der Waals surface area contributed by atoms with Crippen molar-refractivity contribution in [2.24, 2.45) is 0 Å². The summed E-state index contributed by atoms with van der Waals surface area (Å²) in [5, 5.41) is 0. The van der Waals surface area contributed by atoms with Crippen LogP contribution in [0.1, 0.15) is 5.56 Å². The molecule has 0 heterocycles. The van der Waals surface area contributed by atoms with Crippen LogP contribution < -0.4 is 9.80 Å². The number of rotatable bonds is 7. The van der Waals surface area contributed by atoms with Crippen LogP contribution in [-0.4, -0.2) is 26.5 Å². The van der Waals surface area contributed by atoms with Crippen LogP contribution >= 0.6 is 0 Å². The van der Waals surface area contributed by atoms with Gasteiger partial charge in [-0.1, -0.05) is 60.2 Å². The highest BCUT2D eigenvalue weighted by Gasteiger charge is 2.08. The van der Waals surface area contributed by atoms with Crippen molar-refractivity contribution in [3.8, 4) is 11.1 Å². The van der Waals surface area contributed by atoms with E-state index in [1.165, 1.54) is 11.1 Å². The second-order valence-electron chi connectivity index (χ2n) is 6.47. The summed E-state index contributed by atoms with van der Waals surface area (Å²) in [6, 6.07) is 26.8. The van der Waals surface area contributed by atoms with E-state index in [9.17, 15) is 4.79 Å². The molecule has 0 unspecified atom stereocenters. The van der Waals surface area contributed by atoms with E-state index < -0.39 is 0 Å². The summed E-state index contributed by atoms with van der Waals surface area (Å²) in [4.78, 5) is 15.5. The fourth-order valence-electron chi connectivity index (χ4n) is 2.90. The van der Waals surface area contributed by atoms with Crippen molar-refractivity contribution in [2.45, 2.75) is 6.92 Å². The molecule has 3 aromatic rings. The molecular formula is C23H24N2O. The SMILES string of the molecule is Cc1ccc(N(C)CCN(C=O)c2ccc(-c3ccccc3)cc2)cc1. The van der Waals surface area contributed by atoms with Crippen molar-refractivity contribution >= 4 is 17.8 Å². The number of nitrogens with zero attached hydrogens (tertiary/aromatic N) is 2. The first-order valence-electron chi connectivity index (χ1n) is 8.82. The average Bonchev–Trinajstić information content (AvgIpc) is 2.70. The van der Waals surface area contributed by atoms with Crippen molar-refractivity contribution in [1.29, 1.82) is 0 Å². The van der Waals surface area contributed by atoms with Gasteiger partial charge in [0.15, 0.2) is 0 Å². The molecule has 0 saturated carbocycles. The monoisotopic (exact) mass is 344 g/mol. The molecule has 0 fully saturated rings. The van der Waals surface area contributed by atoms with Gasteiger partial charge >= 0.3 is 0 Å². The van der Waals surface area contributed by atoms with Gasteiger partial charge in [0.2, 0.25) is 6.41 Å². The van der Waals surface area contributed by atoms with E-state index in [4.69, 9.17) is 0 Å². The minimum atomic E-state index is 0.637. The fourth-order valence-corrected chi connectivity index (χ4v) is 2.90. The van der Waals surface area contributed by atoms with Crippen LogP contribution in [0.2, 0.25) is 0 Å². The van der Waals surface area contributed by atoms with Crippen molar-refractivity contribution < 1.29 is 4.79 Å². The van der Waals surface area contributed by atoms with E-state index in [0.717, 1.165) is 29.9 Å². The van der Waals surface area contributed by atoms with Gasteiger partial charge in [-0.15, -0.1) is 0 Å². The zero-order chi connectivity index (χ0) is 18.4. The van der Waals surface area contributed by atoms with Gasteiger partial charge in [0, 0.05) is 31.5 Å². The normalized spacial score (nSPS) is 10.4. The lowest BCUT2D eigenvalue weighted by atomic mass is 10.1. The smallest absolute Gasteiger partial charge is 0.214 e. The Labute approximate surface area is 155 Å². The Balaban J connectivity index is 1.65. The van der Waals surface area contributed by atoms with E-state index in [0.29, 0.717) is 6.54 Å². The van der Waals surface area contributed by atoms with Gasteiger partial charge in [-0.05, 0) is 42.3 Å². The van der Waals surface area contributed by atoms with Crippen LogP contribution in [0.25, 0.3) is 11.1 Å². The Hall–Kier alpha value is -3.07. The second-order valence-corrected chi connectivity index (χ2v) is 6.47. The molecule has 3 aromatic carbocycles. The number of hydrogen-bond acceptors (Lipinski definition) is 2. The minimum absolute atomic E-state index is 0.637. The Kier molecular flexibility index (Phi) is 5.69. The van der Waals surface area contributed by atoms with Crippen LogP contribution in [-0.2, 0) is 4.79 Å². The lowest BCUT2D eigenvalue weighted by molar-refractivity contribution is -0.107. The minimum Gasteiger partial charge on any atom is -0.373 e. The van der Waals surface area contributed by atoms with Crippen LogP contribution in [0.15, 0.2) is 78.9 Å². The lowest BCUT2D eigenvalue weighted by Crippen LogP contribution is -2.32. The molecular weight excluding hydrogens is 320 g/mol. The summed E-state index contributed by atoms with van der Waals surface area (Å²) < 4.78 is 0. The molecule has 3 heteroatoms. The number of amides is 1. The number of aryl methyl sites for hydroxylation is 1. The molecule has 0 atom stereocenters. The number of hydrogen-bond donors (Lipinski definition) is 0. The molecule has 0 aliphatic rings. The summed E-state index contributed by atoms with van der Waals surface area (Å²) in [5.41, 5.74) is 5.64. The Bertz CT molecular complexity index is 826. The third-order valence-electron chi connectivity index (χ3n) is 4.58. The molecule has 0 N–H and O–H groups in total. The van der Waals surface area contributed by atoms with Gasteiger partial charge in [0.25, 0.3) is 0 Å². The van der Waals surface area contributed by atoms with Crippen LogP contribution in [0.5, 0.6) is 0 Å². The quantitative estimate of drug-likeness (QED) is 0.577. The van der Waals surface area contributed by atoms with Gasteiger partial charge in [0.05, 0.1) is 0 Å².